The lowest BCUT2D eigenvalue weighted by molar-refractivity contribution is 0.0719. The van der Waals surface area contributed by atoms with Crippen molar-refractivity contribution in [1.82, 2.24) is 0 Å². The average Bonchev–Trinajstić information content (AvgIpc) is 2.40. The Morgan fingerprint density at radius 3 is 1.68 bits per heavy atom. The molecule has 0 spiro atoms. The van der Waals surface area contributed by atoms with E-state index in [1.54, 1.807) is 0 Å². The standard InChI is InChI=1S/C14H27O4P/c15-19(16,17)18-11-14(12-7-3-1-4-8-12)13-9-5-2-6-10-13/h12-14H,1-11H2,(H2,15,16,17). The minimum Gasteiger partial charge on any atom is -0.303 e. The normalized spacial score (nSPS) is 23.9. The van der Waals surface area contributed by atoms with Crippen LogP contribution < -0.4 is 0 Å². The fourth-order valence-corrected chi connectivity index (χ4v) is 4.33. The summed E-state index contributed by atoms with van der Waals surface area (Å²) in [4.78, 5) is 17.9. The monoisotopic (exact) mass is 290 g/mol. The molecule has 0 amide bonds. The fraction of sp³-hybridized carbons (Fsp3) is 1.00. The van der Waals surface area contributed by atoms with Gasteiger partial charge in [-0.05, 0) is 17.8 Å². The molecule has 0 aromatic heterocycles. The Labute approximate surface area is 116 Å². The summed E-state index contributed by atoms with van der Waals surface area (Å²) in [7, 11) is -4.32. The second-order valence-corrected chi connectivity index (χ2v) is 7.49. The summed E-state index contributed by atoms with van der Waals surface area (Å²) < 4.78 is 15.8. The first-order chi connectivity index (χ1) is 9.06. The van der Waals surface area contributed by atoms with E-state index in [-0.39, 0.29) is 6.61 Å². The first-order valence-electron chi connectivity index (χ1n) is 7.76. The quantitative estimate of drug-likeness (QED) is 0.754. The highest BCUT2D eigenvalue weighted by Gasteiger charge is 2.33. The number of phosphoric acid groups is 1. The smallest absolute Gasteiger partial charge is 0.303 e. The van der Waals surface area contributed by atoms with Gasteiger partial charge in [0.25, 0.3) is 0 Å². The van der Waals surface area contributed by atoms with Crippen LogP contribution in [0.4, 0.5) is 0 Å². The molecule has 0 atom stereocenters. The van der Waals surface area contributed by atoms with Gasteiger partial charge in [0.05, 0.1) is 6.61 Å². The first kappa shape index (κ1) is 15.5. The molecule has 5 heteroatoms. The Kier molecular flexibility index (Phi) is 5.88. The van der Waals surface area contributed by atoms with Crippen molar-refractivity contribution in [3.63, 3.8) is 0 Å². The van der Waals surface area contributed by atoms with E-state index in [4.69, 9.17) is 14.3 Å². The zero-order chi connectivity index (χ0) is 13.7. The van der Waals surface area contributed by atoms with Gasteiger partial charge in [0.1, 0.15) is 0 Å². The number of phosphoric ester groups is 1. The first-order valence-corrected chi connectivity index (χ1v) is 9.29. The van der Waals surface area contributed by atoms with E-state index in [1.807, 2.05) is 0 Å². The van der Waals surface area contributed by atoms with Gasteiger partial charge in [-0.1, -0.05) is 64.2 Å². The summed E-state index contributed by atoms with van der Waals surface area (Å²) in [5, 5.41) is 0. The second-order valence-electron chi connectivity index (χ2n) is 6.25. The fourth-order valence-electron chi connectivity index (χ4n) is 3.96. The topological polar surface area (TPSA) is 66.8 Å². The van der Waals surface area contributed by atoms with Crippen LogP contribution in [0.15, 0.2) is 0 Å². The van der Waals surface area contributed by atoms with E-state index >= 15 is 0 Å². The Morgan fingerprint density at radius 1 is 0.895 bits per heavy atom. The lowest BCUT2D eigenvalue weighted by Gasteiger charge is -2.37. The molecule has 2 fully saturated rings. The number of rotatable bonds is 5. The van der Waals surface area contributed by atoms with Gasteiger partial charge < -0.3 is 9.79 Å². The molecule has 4 nitrogen and oxygen atoms in total. The number of hydrogen-bond donors (Lipinski definition) is 2. The molecule has 112 valence electrons. The lowest BCUT2D eigenvalue weighted by Crippen LogP contribution is -2.30. The third kappa shape index (κ3) is 5.18. The molecule has 0 bridgehead atoms. The van der Waals surface area contributed by atoms with Crippen LogP contribution in [-0.2, 0) is 9.09 Å². The van der Waals surface area contributed by atoms with Crippen LogP contribution in [0.25, 0.3) is 0 Å². The third-order valence-electron chi connectivity index (χ3n) is 4.95. The molecule has 2 saturated carbocycles. The van der Waals surface area contributed by atoms with E-state index in [0.717, 1.165) is 0 Å². The van der Waals surface area contributed by atoms with Crippen molar-refractivity contribution in [1.29, 1.82) is 0 Å². The van der Waals surface area contributed by atoms with E-state index < -0.39 is 7.82 Å². The Balaban J connectivity index is 1.96. The zero-order valence-electron chi connectivity index (χ0n) is 11.7. The molecule has 2 rings (SSSR count). The average molecular weight is 290 g/mol. The van der Waals surface area contributed by atoms with Crippen molar-refractivity contribution in [3.8, 4) is 0 Å². The predicted octanol–water partition coefficient (Wildman–Crippen LogP) is 3.87. The van der Waals surface area contributed by atoms with E-state index in [9.17, 15) is 4.57 Å². The predicted molar refractivity (Wildman–Crippen MR) is 74.6 cm³/mol. The van der Waals surface area contributed by atoms with Gasteiger partial charge in [-0.2, -0.15) is 0 Å². The lowest BCUT2D eigenvalue weighted by atomic mass is 9.70. The van der Waals surface area contributed by atoms with Gasteiger partial charge in [-0.15, -0.1) is 0 Å². The zero-order valence-corrected chi connectivity index (χ0v) is 12.6. The molecule has 0 unspecified atom stereocenters. The highest BCUT2D eigenvalue weighted by molar-refractivity contribution is 7.46. The summed E-state index contributed by atoms with van der Waals surface area (Å²) in [5.41, 5.74) is 0. The Morgan fingerprint density at radius 2 is 1.32 bits per heavy atom. The highest BCUT2D eigenvalue weighted by Crippen LogP contribution is 2.43. The maximum absolute atomic E-state index is 11.0. The van der Waals surface area contributed by atoms with Gasteiger partial charge >= 0.3 is 7.82 Å². The molecule has 0 radical (unpaired) electrons. The van der Waals surface area contributed by atoms with Crippen LogP contribution in [0.3, 0.4) is 0 Å². The van der Waals surface area contributed by atoms with Gasteiger partial charge in [0.15, 0.2) is 0 Å². The van der Waals surface area contributed by atoms with Crippen LogP contribution in [-0.4, -0.2) is 16.4 Å². The molecule has 0 aromatic carbocycles. The summed E-state index contributed by atoms with van der Waals surface area (Å²) in [6.07, 6.45) is 12.6. The van der Waals surface area contributed by atoms with Crippen LogP contribution >= 0.6 is 7.82 Å². The SMILES string of the molecule is O=P(O)(O)OCC(C1CCCCC1)C1CCCCC1. The second kappa shape index (κ2) is 7.21. The van der Waals surface area contributed by atoms with Gasteiger partial charge in [-0.25, -0.2) is 4.57 Å². The summed E-state index contributed by atoms with van der Waals surface area (Å²) in [5.74, 6) is 1.58. The molecular formula is C14H27O4P. The minimum absolute atomic E-state index is 0.250. The molecule has 2 aliphatic rings. The molecule has 0 heterocycles. The van der Waals surface area contributed by atoms with Gasteiger partial charge in [0.2, 0.25) is 0 Å². The molecular weight excluding hydrogens is 263 g/mol. The minimum atomic E-state index is -4.32. The van der Waals surface area contributed by atoms with Crippen molar-refractivity contribution in [3.05, 3.63) is 0 Å². The Bertz CT molecular complexity index is 285. The van der Waals surface area contributed by atoms with Crippen LogP contribution in [0.5, 0.6) is 0 Å². The maximum Gasteiger partial charge on any atom is 0.469 e. The summed E-state index contributed by atoms with van der Waals surface area (Å²) in [6, 6.07) is 0. The van der Waals surface area contributed by atoms with Crippen molar-refractivity contribution in [2.24, 2.45) is 17.8 Å². The van der Waals surface area contributed by atoms with Crippen molar-refractivity contribution < 1.29 is 18.9 Å². The highest BCUT2D eigenvalue weighted by atomic mass is 31.2. The van der Waals surface area contributed by atoms with Gasteiger partial charge in [0, 0.05) is 0 Å². The number of hydrogen-bond acceptors (Lipinski definition) is 2. The van der Waals surface area contributed by atoms with E-state index in [2.05, 4.69) is 0 Å². The maximum atomic E-state index is 11.0. The van der Waals surface area contributed by atoms with Crippen LogP contribution in [0.2, 0.25) is 0 Å². The summed E-state index contributed by atoms with van der Waals surface area (Å²) >= 11 is 0. The van der Waals surface area contributed by atoms with Crippen molar-refractivity contribution >= 4 is 7.82 Å². The van der Waals surface area contributed by atoms with Crippen molar-refractivity contribution in [2.45, 2.75) is 64.2 Å². The molecule has 0 saturated heterocycles. The van der Waals surface area contributed by atoms with Crippen LogP contribution in [0.1, 0.15) is 64.2 Å². The summed E-state index contributed by atoms with van der Waals surface area (Å²) in [6.45, 7) is 0.250. The van der Waals surface area contributed by atoms with Crippen LogP contribution in [0, 0.1) is 17.8 Å². The van der Waals surface area contributed by atoms with Gasteiger partial charge in [-0.3, -0.25) is 4.52 Å². The molecule has 19 heavy (non-hydrogen) atoms. The molecule has 2 N–H and O–H groups in total. The molecule has 0 aromatic rings. The molecule has 2 aliphatic carbocycles. The largest absolute Gasteiger partial charge is 0.469 e. The van der Waals surface area contributed by atoms with E-state index in [0.29, 0.717) is 17.8 Å². The third-order valence-corrected chi connectivity index (χ3v) is 5.43. The molecule has 0 aliphatic heterocycles. The van der Waals surface area contributed by atoms with Crippen molar-refractivity contribution in [2.75, 3.05) is 6.61 Å². The Hall–Kier alpha value is 0.110. The van der Waals surface area contributed by atoms with E-state index in [1.165, 1.54) is 64.2 Å².